The molecular formula is C21H26N2O4. The molecule has 6 heteroatoms. The largest absolute Gasteiger partial charge is 0.496 e. The van der Waals surface area contributed by atoms with E-state index in [2.05, 4.69) is 16.6 Å². The molecule has 0 heterocycles. The van der Waals surface area contributed by atoms with Crippen molar-refractivity contribution in [1.82, 2.24) is 5.43 Å². The quantitative estimate of drug-likeness (QED) is 0.542. The van der Waals surface area contributed by atoms with Crippen LogP contribution in [0, 0.1) is 6.92 Å². The number of hydrogen-bond donors (Lipinski definition) is 1. The van der Waals surface area contributed by atoms with Crippen LogP contribution in [0.1, 0.15) is 29.5 Å². The number of rotatable bonds is 9. The molecular weight excluding hydrogens is 344 g/mol. The van der Waals surface area contributed by atoms with E-state index in [-0.39, 0.29) is 5.91 Å². The zero-order valence-electron chi connectivity index (χ0n) is 16.2. The fourth-order valence-electron chi connectivity index (χ4n) is 2.72. The Morgan fingerprint density at radius 2 is 1.70 bits per heavy atom. The van der Waals surface area contributed by atoms with Crippen LogP contribution in [0.25, 0.3) is 0 Å². The standard InChI is InChI=1S/C21H26N2O4/c1-15-12-16(8-10-18(15)25-2)6-5-7-21(24)23-22-14-17-9-11-19(26-3)20(13-17)27-4/h8-14H,5-7H2,1-4H3,(H,23,24)/b22-14+. The maximum absolute atomic E-state index is 11.9. The topological polar surface area (TPSA) is 69.2 Å². The summed E-state index contributed by atoms with van der Waals surface area (Å²) >= 11 is 0. The second-order valence-electron chi connectivity index (χ2n) is 6.07. The molecule has 0 spiro atoms. The molecule has 0 saturated carbocycles. The highest BCUT2D eigenvalue weighted by atomic mass is 16.5. The Kier molecular flexibility index (Phi) is 7.67. The van der Waals surface area contributed by atoms with Crippen molar-refractivity contribution in [2.24, 2.45) is 5.10 Å². The highest BCUT2D eigenvalue weighted by molar-refractivity contribution is 5.83. The highest BCUT2D eigenvalue weighted by Crippen LogP contribution is 2.26. The van der Waals surface area contributed by atoms with Crippen LogP contribution in [-0.2, 0) is 11.2 Å². The molecule has 2 aromatic rings. The Bertz CT molecular complexity index is 803. The van der Waals surface area contributed by atoms with Crippen LogP contribution in [0.15, 0.2) is 41.5 Å². The first-order valence-electron chi connectivity index (χ1n) is 8.74. The molecule has 0 aromatic heterocycles. The van der Waals surface area contributed by atoms with Gasteiger partial charge in [-0.1, -0.05) is 12.1 Å². The van der Waals surface area contributed by atoms with Crippen molar-refractivity contribution in [3.05, 3.63) is 53.1 Å². The Morgan fingerprint density at radius 1 is 1.00 bits per heavy atom. The SMILES string of the molecule is COc1ccc(CCCC(=O)N/N=C/c2ccc(OC)c(OC)c2)cc1C. The maximum Gasteiger partial charge on any atom is 0.240 e. The maximum atomic E-state index is 11.9. The summed E-state index contributed by atoms with van der Waals surface area (Å²) in [5.41, 5.74) is 5.64. The van der Waals surface area contributed by atoms with E-state index in [1.807, 2.05) is 25.1 Å². The molecule has 6 nitrogen and oxygen atoms in total. The van der Waals surface area contributed by atoms with Gasteiger partial charge in [0.1, 0.15) is 5.75 Å². The summed E-state index contributed by atoms with van der Waals surface area (Å²) in [4.78, 5) is 11.9. The number of nitrogens with zero attached hydrogens (tertiary/aromatic N) is 1. The lowest BCUT2D eigenvalue weighted by molar-refractivity contribution is -0.121. The molecule has 0 atom stereocenters. The predicted molar refractivity (Wildman–Crippen MR) is 106 cm³/mol. The monoisotopic (exact) mass is 370 g/mol. The lowest BCUT2D eigenvalue weighted by atomic mass is 10.1. The van der Waals surface area contributed by atoms with Crippen LogP contribution in [0.5, 0.6) is 17.2 Å². The third-order valence-electron chi connectivity index (χ3n) is 4.14. The van der Waals surface area contributed by atoms with E-state index in [4.69, 9.17) is 14.2 Å². The molecule has 0 bridgehead atoms. The first-order chi connectivity index (χ1) is 13.1. The van der Waals surface area contributed by atoms with Gasteiger partial charge in [0.15, 0.2) is 11.5 Å². The Hall–Kier alpha value is -3.02. The zero-order valence-corrected chi connectivity index (χ0v) is 16.2. The molecule has 2 aromatic carbocycles. The van der Waals surface area contributed by atoms with Gasteiger partial charge in [-0.25, -0.2) is 5.43 Å². The van der Waals surface area contributed by atoms with Gasteiger partial charge in [-0.15, -0.1) is 0 Å². The first kappa shape index (κ1) is 20.3. The Balaban J connectivity index is 1.79. The zero-order chi connectivity index (χ0) is 19.6. The number of methoxy groups -OCH3 is 3. The lowest BCUT2D eigenvalue weighted by Gasteiger charge is -2.07. The molecule has 0 saturated heterocycles. The minimum absolute atomic E-state index is 0.114. The second-order valence-corrected chi connectivity index (χ2v) is 6.07. The number of amides is 1. The van der Waals surface area contributed by atoms with Crippen LogP contribution in [0.2, 0.25) is 0 Å². The molecule has 27 heavy (non-hydrogen) atoms. The number of aryl methyl sites for hydroxylation is 2. The van der Waals surface area contributed by atoms with E-state index >= 15 is 0 Å². The number of benzene rings is 2. The summed E-state index contributed by atoms with van der Waals surface area (Å²) in [6, 6.07) is 11.5. The molecule has 0 aliphatic carbocycles. The van der Waals surface area contributed by atoms with Crippen LogP contribution in [0.4, 0.5) is 0 Å². The van der Waals surface area contributed by atoms with Crippen LogP contribution in [0.3, 0.4) is 0 Å². The van der Waals surface area contributed by atoms with Gasteiger partial charge in [-0.3, -0.25) is 4.79 Å². The fraction of sp³-hybridized carbons (Fsp3) is 0.333. The second kappa shape index (κ2) is 10.2. The van der Waals surface area contributed by atoms with E-state index < -0.39 is 0 Å². The summed E-state index contributed by atoms with van der Waals surface area (Å²) < 4.78 is 15.7. The van der Waals surface area contributed by atoms with Gasteiger partial charge in [0.05, 0.1) is 27.5 Å². The van der Waals surface area contributed by atoms with Crippen molar-refractivity contribution < 1.29 is 19.0 Å². The van der Waals surface area contributed by atoms with Gasteiger partial charge in [0, 0.05) is 6.42 Å². The normalized spacial score (nSPS) is 10.7. The molecule has 0 unspecified atom stereocenters. The average molecular weight is 370 g/mol. The number of ether oxygens (including phenoxy) is 3. The number of carbonyl (C=O) groups is 1. The molecule has 1 N–H and O–H groups in total. The van der Waals surface area contributed by atoms with Crippen molar-refractivity contribution in [1.29, 1.82) is 0 Å². The fourth-order valence-corrected chi connectivity index (χ4v) is 2.72. The van der Waals surface area contributed by atoms with E-state index in [1.54, 1.807) is 39.7 Å². The third kappa shape index (κ3) is 6.02. The third-order valence-corrected chi connectivity index (χ3v) is 4.14. The first-order valence-corrected chi connectivity index (χ1v) is 8.74. The molecule has 0 radical (unpaired) electrons. The van der Waals surface area contributed by atoms with Crippen molar-refractivity contribution in [3.8, 4) is 17.2 Å². The minimum atomic E-state index is -0.114. The molecule has 0 aliphatic heterocycles. The van der Waals surface area contributed by atoms with E-state index in [1.165, 1.54) is 5.56 Å². The van der Waals surface area contributed by atoms with Crippen molar-refractivity contribution in [3.63, 3.8) is 0 Å². The molecule has 0 aliphatic rings. The summed E-state index contributed by atoms with van der Waals surface area (Å²) in [6.07, 6.45) is 3.57. The van der Waals surface area contributed by atoms with Crippen LogP contribution < -0.4 is 19.6 Å². The predicted octanol–water partition coefficient (Wildman–Crippen LogP) is 3.49. The van der Waals surface area contributed by atoms with Crippen molar-refractivity contribution in [2.75, 3.05) is 21.3 Å². The number of hydrazone groups is 1. The lowest BCUT2D eigenvalue weighted by Crippen LogP contribution is -2.17. The molecule has 1 amide bonds. The summed E-state index contributed by atoms with van der Waals surface area (Å²) in [5.74, 6) is 2.02. The van der Waals surface area contributed by atoms with Crippen molar-refractivity contribution >= 4 is 12.1 Å². The van der Waals surface area contributed by atoms with Gasteiger partial charge in [0.2, 0.25) is 5.91 Å². The van der Waals surface area contributed by atoms with E-state index in [9.17, 15) is 4.79 Å². The number of hydrogen-bond acceptors (Lipinski definition) is 5. The molecule has 2 rings (SSSR count). The number of nitrogens with one attached hydrogen (secondary N) is 1. The van der Waals surface area contributed by atoms with Gasteiger partial charge < -0.3 is 14.2 Å². The summed E-state index contributed by atoms with van der Waals surface area (Å²) in [7, 11) is 4.82. The summed E-state index contributed by atoms with van der Waals surface area (Å²) in [5, 5.41) is 4.00. The smallest absolute Gasteiger partial charge is 0.240 e. The van der Waals surface area contributed by atoms with Gasteiger partial charge in [-0.05, 0) is 60.7 Å². The Labute approximate surface area is 160 Å². The van der Waals surface area contributed by atoms with Crippen LogP contribution in [-0.4, -0.2) is 33.5 Å². The van der Waals surface area contributed by atoms with Crippen molar-refractivity contribution in [2.45, 2.75) is 26.2 Å². The Morgan fingerprint density at radius 3 is 2.37 bits per heavy atom. The highest BCUT2D eigenvalue weighted by Gasteiger charge is 2.04. The van der Waals surface area contributed by atoms with Gasteiger partial charge >= 0.3 is 0 Å². The van der Waals surface area contributed by atoms with Crippen LogP contribution >= 0.6 is 0 Å². The summed E-state index contributed by atoms with van der Waals surface area (Å²) in [6.45, 7) is 2.01. The van der Waals surface area contributed by atoms with Gasteiger partial charge in [-0.2, -0.15) is 5.10 Å². The van der Waals surface area contributed by atoms with E-state index in [0.29, 0.717) is 17.9 Å². The molecule has 144 valence electrons. The average Bonchev–Trinajstić information content (AvgIpc) is 2.68. The molecule has 0 fully saturated rings. The number of carbonyl (C=O) groups excluding carboxylic acids is 1. The van der Waals surface area contributed by atoms with Gasteiger partial charge in [0.25, 0.3) is 0 Å². The van der Waals surface area contributed by atoms with E-state index in [0.717, 1.165) is 29.7 Å². The minimum Gasteiger partial charge on any atom is -0.496 e.